The van der Waals surface area contributed by atoms with Crippen molar-refractivity contribution < 1.29 is 9.15 Å². The highest BCUT2D eigenvalue weighted by atomic mass is 16.5. The fourth-order valence-corrected chi connectivity index (χ4v) is 2.16. The van der Waals surface area contributed by atoms with E-state index in [0.717, 1.165) is 29.9 Å². The van der Waals surface area contributed by atoms with Gasteiger partial charge in [-0.2, -0.15) is 4.98 Å². The summed E-state index contributed by atoms with van der Waals surface area (Å²) in [6.07, 6.45) is 0. The molecule has 2 aromatic heterocycles. The summed E-state index contributed by atoms with van der Waals surface area (Å²) in [5.41, 5.74) is 0.942. The second kappa shape index (κ2) is 4.42. The number of pyridine rings is 1. The number of aromatic nitrogens is 1. The van der Waals surface area contributed by atoms with Gasteiger partial charge >= 0.3 is 5.63 Å². The third kappa shape index (κ3) is 1.97. The van der Waals surface area contributed by atoms with Gasteiger partial charge < -0.3 is 14.1 Å². The molecule has 0 unspecified atom stereocenters. The van der Waals surface area contributed by atoms with Crippen LogP contribution >= 0.6 is 0 Å². The lowest BCUT2D eigenvalue weighted by Crippen LogP contribution is -2.36. The number of morpholine rings is 1. The van der Waals surface area contributed by atoms with E-state index in [4.69, 9.17) is 9.15 Å². The summed E-state index contributed by atoms with van der Waals surface area (Å²) in [5, 5.41) is 0.881. The maximum absolute atomic E-state index is 11.4. The van der Waals surface area contributed by atoms with E-state index in [0.29, 0.717) is 18.9 Å². The molecule has 1 saturated heterocycles. The summed E-state index contributed by atoms with van der Waals surface area (Å²) in [6, 6.07) is 5.39. The molecule has 0 bridgehead atoms. The Balaban J connectivity index is 2.07. The van der Waals surface area contributed by atoms with Crippen LogP contribution in [0.15, 0.2) is 27.4 Å². The van der Waals surface area contributed by atoms with Gasteiger partial charge in [0.1, 0.15) is 5.82 Å². The van der Waals surface area contributed by atoms with E-state index >= 15 is 0 Å². The van der Waals surface area contributed by atoms with Crippen molar-refractivity contribution in [2.24, 2.45) is 0 Å². The molecular formula is C13H14N2O3. The third-order valence-electron chi connectivity index (χ3n) is 3.14. The Hall–Kier alpha value is -1.88. The lowest BCUT2D eigenvalue weighted by Gasteiger charge is -2.27. The molecule has 1 aliphatic rings. The van der Waals surface area contributed by atoms with Gasteiger partial charge in [-0.05, 0) is 24.6 Å². The molecule has 1 aliphatic heterocycles. The lowest BCUT2D eigenvalue weighted by molar-refractivity contribution is 0.122. The lowest BCUT2D eigenvalue weighted by atomic mass is 10.2. The topological polar surface area (TPSA) is 55.6 Å². The maximum atomic E-state index is 11.4. The molecule has 3 heterocycles. The summed E-state index contributed by atoms with van der Waals surface area (Å²) >= 11 is 0. The highest BCUT2D eigenvalue weighted by Gasteiger charge is 2.13. The Bertz CT molecular complexity index is 630. The minimum absolute atomic E-state index is 0.355. The number of hydrogen-bond acceptors (Lipinski definition) is 5. The van der Waals surface area contributed by atoms with Crippen molar-refractivity contribution in [3.8, 4) is 0 Å². The summed E-state index contributed by atoms with van der Waals surface area (Å²) in [4.78, 5) is 17.9. The Morgan fingerprint density at radius 2 is 2.06 bits per heavy atom. The SMILES string of the molecule is Cc1cc(=O)oc2nc(N3CCOCC3)ccc12. The standard InChI is InChI=1S/C13H14N2O3/c1-9-8-12(16)18-13-10(9)2-3-11(14-13)15-4-6-17-7-5-15/h2-3,8H,4-7H2,1H3. The number of rotatable bonds is 1. The van der Waals surface area contributed by atoms with Gasteiger partial charge in [0, 0.05) is 24.5 Å². The van der Waals surface area contributed by atoms with Crippen LogP contribution in [0.4, 0.5) is 5.82 Å². The predicted octanol–water partition coefficient (Wildman–Crippen LogP) is 1.33. The average molecular weight is 246 g/mol. The van der Waals surface area contributed by atoms with Crippen LogP contribution in [0, 0.1) is 6.92 Å². The van der Waals surface area contributed by atoms with Crippen LogP contribution in [0.2, 0.25) is 0 Å². The first-order valence-corrected chi connectivity index (χ1v) is 5.98. The molecule has 94 valence electrons. The fraction of sp³-hybridized carbons (Fsp3) is 0.385. The van der Waals surface area contributed by atoms with Gasteiger partial charge in [-0.25, -0.2) is 4.79 Å². The first-order valence-electron chi connectivity index (χ1n) is 5.98. The average Bonchev–Trinajstić information content (AvgIpc) is 2.39. The molecule has 0 spiro atoms. The van der Waals surface area contributed by atoms with Gasteiger partial charge in [-0.15, -0.1) is 0 Å². The summed E-state index contributed by atoms with van der Waals surface area (Å²) in [5.74, 6) is 0.833. The summed E-state index contributed by atoms with van der Waals surface area (Å²) in [6.45, 7) is 4.92. The number of hydrogen-bond donors (Lipinski definition) is 0. The van der Waals surface area contributed by atoms with E-state index in [1.54, 1.807) is 0 Å². The normalized spacial score (nSPS) is 16.2. The quantitative estimate of drug-likeness (QED) is 0.760. The molecule has 0 saturated carbocycles. The smallest absolute Gasteiger partial charge is 0.337 e. The monoisotopic (exact) mass is 246 g/mol. The fourth-order valence-electron chi connectivity index (χ4n) is 2.16. The Kier molecular flexibility index (Phi) is 2.76. The Morgan fingerprint density at radius 3 is 2.83 bits per heavy atom. The number of fused-ring (bicyclic) bond motifs is 1. The van der Waals surface area contributed by atoms with Crippen LogP contribution in [0.5, 0.6) is 0 Å². The van der Waals surface area contributed by atoms with Crippen molar-refractivity contribution in [3.63, 3.8) is 0 Å². The number of ether oxygens (including phenoxy) is 1. The summed E-state index contributed by atoms with van der Waals surface area (Å²) < 4.78 is 10.5. The van der Waals surface area contributed by atoms with Crippen molar-refractivity contribution in [3.05, 3.63) is 34.2 Å². The zero-order chi connectivity index (χ0) is 12.5. The van der Waals surface area contributed by atoms with Crippen LogP contribution in [0.1, 0.15) is 5.56 Å². The van der Waals surface area contributed by atoms with E-state index in [1.807, 2.05) is 19.1 Å². The van der Waals surface area contributed by atoms with Gasteiger partial charge in [0.05, 0.1) is 13.2 Å². The van der Waals surface area contributed by atoms with Crippen molar-refractivity contribution in [2.45, 2.75) is 6.92 Å². The van der Waals surface area contributed by atoms with Gasteiger partial charge in [0.25, 0.3) is 0 Å². The molecule has 2 aromatic rings. The minimum Gasteiger partial charge on any atom is -0.404 e. The number of aryl methyl sites for hydroxylation is 1. The molecule has 0 radical (unpaired) electrons. The van der Waals surface area contributed by atoms with Crippen molar-refractivity contribution in [1.29, 1.82) is 0 Å². The first kappa shape index (κ1) is 11.2. The third-order valence-corrected chi connectivity index (χ3v) is 3.14. The molecule has 5 nitrogen and oxygen atoms in total. The number of anilines is 1. The zero-order valence-electron chi connectivity index (χ0n) is 10.2. The molecule has 0 amide bonds. The van der Waals surface area contributed by atoms with Crippen molar-refractivity contribution in [1.82, 2.24) is 4.98 Å². The second-order valence-corrected chi connectivity index (χ2v) is 4.37. The highest BCUT2D eigenvalue weighted by Crippen LogP contribution is 2.20. The van der Waals surface area contributed by atoms with E-state index in [2.05, 4.69) is 9.88 Å². The number of nitrogens with zero attached hydrogens (tertiary/aromatic N) is 2. The molecule has 1 fully saturated rings. The molecule has 0 atom stereocenters. The van der Waals surface area contributed by atoms with Crippen LogP contribution in [-0.2, 0) is 4.74 Å². The van der Waals surface area contributed by atoms with Crippen molar-refractivity contribution in [2.75, 3.05) is 31.2 Å². The van der Waals surface area contributed by atoms with Gasteiger partial charge in [-0.3, -0.25) is 0 Å². The van der Waals surface area contributed by atoms with Crippen LogP contribution < -0.4 is 10.5 Å². The van der Waals surface area contributed by atoms with Crippen LogP contribution in [0.3, 0.4) is 0 Å². The van der Waals surface area contributed by atoms with E-state index in [9.17, 15) is 4.79 Å². The minimum atomic E-state index is -0.355. The first-order chi connectivity index (χ1) is 8.74. The van der Waals surface area contributed by atoms with E-state index in [1.165, 1.54) is 6.07 Å². The molecule has 0 N–H and O–H groups in total. The largest absolute Gasteiger partial charge is 0.404 e. The van der Waals surface area contributed by atoms with E-state index < -0.39 is 0 Å². The van der Waals surface area contributed by atoms with Gasteiger partial charge in [0.15, 0.2) is 0 Å². The molecule has 0 aromatic carbocycles. The molecular weight excluding hydrogens is 232 g/mol. The molecule has 3 rings (SSSR count). The zero-order valence-corrected chi connectivity index (χ0v) is 10.2. The maximum Gasteiger partial charge on any atom is 0.337 e. The molecule has 0 aliphatic carbocycles. The molecule has 18 heavy (non-hydrogen) atoms. The van der Waals surface area contributed by atoms with Crippen LogP contribution in [0.25, 0.3) is 11.1 Å². The Morgan fingerprint density at radius 1 is 1.28 bits per heavy atom. The summed E-state index contributed by atoms with van der Waals surface area (Å²) in [7, 11) is 0. The van der Waals surface area contributed by atoms with Gasteiger partial charge in [0.2, 0.25) is 5.71 Å². The van der Waals surface area contributed by atoms with E-state index in [-0.39, 0.29) is 5.63 Å². The van der Waals surface area contributed by atoms with Crippen LogP contribution in [-0.4, -0.2) is 31.3 Å². The predicted molar refractivity (Wildman–Crippen MR) is 68.0 cm³/mol. The molecule has 5 heteroatoms. The van der Waals surface area contributed by atoms with Crippen molar-refractivity contribution >= 4 is 16.9 Å². The second-order valence-electron chi connectivity index (χ2n) is 4.37. The van der Waals surface area contributed by atoms with Gasteiger partial charge in [-0.1, -0.05) is 0 Å². The highest BCUT2D eigenvalue weighted by molar-refractivity contribution is 5.78. The Labute approximate surface area is 104 Å².